The molecule has 0 spiro atoms. The van der Waals surface area contributed by atoms with E-state index in [4.69, 9.17) is 4.74 Å². The van der Waals surface area contributed by atoms with Crippen molar-refractivity contribution in [3.63, 3.8) is 0 Å². The largest absolute Gasteiger partial charge is 0.469 e. The fraction of sp³-hybridized carbons (Fsp3) is 0.611. The number of carbonyl (C=O) groups excluding carboxylic acids is 1. The Morgan fingerprint density at radius 2 is 1.81 bits per heavy atom. The standard InChI is InChI=1S/C18H29NO2/c1-5-15-6-8-16(9-7-15)12-17(13-18(20)21-4)19-11-10-14(2)3/h6-9,14,17,19H,5,10-13H2,1-4H3. The predicted molar refractivity (Wildman–Crippen MR) is 87.4 cm³/mol. The molecule has 21 heavy (non-hydrogen) atoms. The van der Waals surface area contributed by atoms with Crippen LogP contribution in [0.4, 0.5) is 0 Å². The zero-order valence-corrected chi connectivity index (χ0v) is 13.8. The van der Waals surface area contributed by atoms with Gasteiger partial charge < -0.3 is 10.1 Å². The van der Waals surface area contributed by atoms with Gasteiger partial charge in [-0.2, -0.15) is 0 Å². The van der Waals surface area contributed by atoms with Gasteiger partial charge in [0.25, 0.3) is 0 Å². The molecule has 118 valence electrons. The molecule has 0 aromatic heterocycles. The monoisotopic (exact) mass is 291 g/mol. The minimum absolute atomic E-state index is 0.142. The Labute approximate surface area is 129 Å². The lowest BCUT2D eigenvalue weighted by Crippen LogP contribution is -2.35. The first-order valence-corrected chi connectivity index (χ1v) is 7.93. The van der Waals surface area contributed by atoms with Gasteiger partial charge in [0.05, 0.1) is 13.5 Å². The van der Waals surface area contributed by atoms with E-state index < -0.39 is 0 Å². The lowest BCUT2D eigenvalue weighted by molar-refractivity contribution is -0.141. The predicted octanol–water partition coefficient (Wildman–Crippen LogP) is 3.36. The number of nitrogens with one attached hydrogen (secondary N) is 1. The molecule has 0 bridgehead atoms. The van der Waals surface area contributed by atoms with E-state index in [1.807, 2.05) is 0 Å². The molecule has 1 aromatic rings. The first kappa shape index (κ1) is 17.7. The Hall–Kier alpha value is -1.35. The van der Waals surface area contributed by atoms with E-state index in [0.717, 1.165) is 25.8 Å². The van der Waals surface area contributed by atoms with Crippen molar-refractivity contribution in [1.82, 2.24) is 5.32 Å². The van der Waals surface area contributed by atoms with Crippen molar-refractivity contribution < 1.29 is 9.53 Å². The topological polar surface area (TPSA) is 38.3 Å². The quantitative estimate of drug-likeness (QED) is 0.709. The third kappa shape index (κ3) is 7.28. The Balaban J connectivity index is 2.59. The molecule has 0 heterocycles. The highest BCUT2D eigenvalue weighted by Gasteiger charge is 2.14. The van der Waals surface area contributed by atoms with Crippen molar-refractivity contribution in [2.45, 2.75) is 52.5 Å². The zero-order valence-electron chi connectivity index (χ0n) is 13.8. The van der Waals surface area contributed by atoms with E-state index in [0.29, 0.717) is 12.3 Å². The van der Waals surface area contributed by atoms with Gasteiger partial charge in [-0.25, -0.2) is 0 Å². The van der Waals surface area contributed by atoms with Crippen molar-refractivity contribution in [2.75, 3.05) is 13.7 Å². The van der Waals surface area contributed by atoms with E-state index in [9.17, 15) is 4.79 Å². The summed E-state index contributed by atoms with van der Waals surface area (Å²) in [6.07, 6.45) is 3.45. The number of methoxy groups -OCH3 is 1. The van der Waals surface area contributed by atoms with Crippen LogP contribution < -0.4 is 5.32 Å². The van der Waals surface area contributed by atoms with Crippen LogP contribution in [0.1, 0.15) is 44.7 Å². The molecule has 3 nitrogen and oxygen atoms in total. The summed E-state index contributed by atoms with van der Waals surface area (Å²) >= 11 is 0. The van der Waals surface area contributed by atoms with Crippen molar-refractivity contribution >= 4 is 5.97 Å². The number of hydrogen-bond acceptors (Lipinski definition) is 3. The molecule has 0 saturated carbocycles. The number of benzene rings is 1. The van der Waals surface area contributed by atoms with Crippen LogP contribution in [-0.4, -0.2) is 25.7 Å². The SMILES string of the molecule is CCc1ccc(CC(CC(=O)OC)NCCC(C)C)cc1. The highest BCUT2D eigenvalue weighted by molar-refractivity contribution is 5.70. The van der Waals surface area contributed by atoms with Crippen LogP contribution in [0.2, 0.25) is 0 Å². The molecule has 0 radical (unpaired) electrons. The second-order valence-corrected chi connectivity index (χ2v) is 5.99. The maximum atomic E-state index is 11.5. The molecule has 1 unspecified atom stereocenters. The van der Waals surface area contributed by atoms with Gasteiger partial charge in [-0.1, -0.05) is 45.0 Å². The average Bonchev–Trinajstić information content (AvgIpc) is 2.47. The maximum Gasteiger partial charge on any atom is 0.307 e. The molecule has 0 aliphatic carbocycles. The Bertz CT molecular complexity index is 412. The van der Waals surface area contributed by atoms with Gasteiger partial charge in [0.1, 0.15) is 0 Å². The molecular weight excluding hydrogens is 262 g/mol. The zero-order chi connectivity index (χ0) is 15.7. The molecule has 0 aliphatic heterocycles. The summed E-state index contributed by atoms with van der Waals surface area (Å²) in [4.78, 5) is 11.5. The van der Waals surface area contributed by atoms with Gasteiger partial charge in [-0.05, 0) is 42.9 Å². The lowest BCUT2D eigenvalue weighted by Gasteiger charge is -2.18. The van der Waals surface area contributed by atoms with E-state index in [2.05, 4.69) is 50.4 Å². The van der Waals surface area contributed by atoms with Gasteiger partial charge in [0.15, 0.2) is 0 Å². The lowest BCUT2D eigenvalue weighted by atomic mass is 10.0. The van der Waals surface area contributed by atoms with Gasteiger partial charge in [-0.15, -0.1) is 0 Å². The molecule has 1 N–H and O–H groups in total. The fourth-order valence-electron chi connectivity index (χ4n) is 2.27. The van der Waals surface area contributed by atoms with Gasteiger partial charge in [0.2, 0.25) is 0 Å². The van der Waals surface area contributed by atoms with Crippen LogP contribution in [0, 0.1) is 5.92 Å². The third-order valence-electron chi connectivity index (χ3n) is 3.71. The number of esters is 1. The normalized spacial score (nSPS) is 12.4. The van der Waals surface area contributed by atoms with Crippen LogP contribution in [0.25, 0.3) is 0 Å². The summed E-state index contributed by atoms with van der Waals surface area (Å²) in [5.41, 5.74) is 2.61. The average molecular weight is 291 g/mol. The Morgan fingerprint density at radius 1 is 1.19 bits per heavy atom. The van der Waals surface area contributed by atoms with E-state index in [1.54, 1.807) is 0 Å². The van der Waals surface area contributed by atoms with Crippen LogP contribution in [0.15, 0.2) is 24.3 Å². The second kappa shape index (κ2) is 9.56. The highest BCUT2D eigenvalue weighted by Crippen LogP contribution is 2.10. The maximum absolute atomic E-state index is 11.5. The number of hydrogen-bond donors (Lipinski definition) is 1. The highest BCUT2D eigenvalue weighted by atomic mass is 16.5. The van der Waals surface area contributed by atoms with Crippen LogP contribution in [0.3, 0.4) is 0 Å². The molecule has 3 heteroatoms. The van der Waals surface area contributed by atoms with Crippen molar-refractivity contribution in [3.8, 4) is 0 Å². The van der Waals surface area contributed by atoms with Crippen LogP contribution >= 0.6 is 0 Å². The van der Waals surface area contributed by atoms with Crippen LogP contribution in [0.5, 0.6) is 0 Å². The Morgan fingerprint density at radius 3 is 2.33 bits per heavy atom. The number of aryl methyl sites for hydroxylation is 1. The molecular formula is C18H29NO2. The number of rotatable bonds is 9. The fourth-order valence-corrected chi connectivity index (χ4v) is 2.27. The smallest absolute Gasteiger partial charge is 0.307 e. The first-order chi connectivity index (χ1) is 10.0. The van der Waals surface area contributed by atoms with E-state index in [1.165, 1.54) is 18.2 Å². The van der Waals surface area contributed by atoms with Gasteiger partial charge in [-0.3, -0.25) is 4.79 Å². The molecule has 0 aliphatic rings. The number of ether oxygens (including phenoxy) is 1. The Kier molecular flexibility index (Phi) is 8.06. The first-order valence-electron chi connectivity index (χ1n) is 7.93. The van der Waals surface area contributed by atoms with Crippen LogP contribution in [-0.2, 0) is 22.4 Å². The molecule has 1 aromatic carbocycles. The van der Waals surface area contributed by atoms with Gasteiger partial charge >= 0.3 is 5.97 Å². The summed E-state index contributed by atoms with van der Waals surface area (Å²) in [7, 11) is 1.45. The summed E-state index contributed by atoms with van der Waals surface area (Å²) in [6.45, 7) is 7.51. The second-order valence-electron chi connectivity index (χ2n) is 5.99. The molecule has 0 saturated heterocycles. The van der Waals surface area contributed by atoms with Crippen molar-refractivity contribution in [2.24, 2.45) is 5.92 Å². The molecule has 0 amide bonds. The minimum Gasteiger partial charge on any atom is -0.469 e. The molecule has 1 rings (SSSR count). The van der Waals surface area contributed by atoms with Crippen molar-refractivity contribution in [3.05, 3.63) is 35.4 Å². The summed E-state index contributed by atoms with van der Waals surface area (Å²) in [6, 6.07) is 8.79. The minimum atomic E-state index is -0.151. The number of carbonyl (C=O) groups is 1. The summed E-state index contributed by atoms with van der Waals surface area (Å²) < 4.78 is 4.80. The summed E-state index contributed by atoms with van der Waals surface area (Å²) in [5, 5.41) is 3.49. The molecule has 1 atom stereocenters. The third-order valence-corrected chi connectivity index (χ3v) is 3.71. The van der Waals surface area contributed by atoms with Gasteiger partial charge in [0, 0.05) is 6.04 Å². The molecule has 0 fully saturated rings. The summed E-state index contributed by atoms with van der Waals surface area (Å²) in [5.74, 6) is 0.516. The van der Waals surface area contributed by atoms with E-state index in [-0.39, 0.29) is 12.0 Å². The van der Waals surface area contributed by atoms with Crippen molar-refractivity contribution in [1.29, 1.82) is 0 Å². The van der Waals surface area contributed by atoms with E-state index >= 15 is 0 Å².